The predicted molar refractivity (Wildman–Crippen MR) is 102 cm³/mol. The van der Waals surface area contributed by atoms with Crippen LogP contribution in [0.1, 0.15) is 81.1 Å². The summed E-state index contributed by atoms with van der Waals surface area (Å²) in [5, 5.41) is 11.1. The second kappa shape index (κ2) is 11.6. The Hall–Kier alpha value is -1.91. The van der Waals surface area contributed by atoms with Gasteiger partial charge in [-0.05, 0) is 25.8 Å². The van der Waals surface area contributed by atoms with E-state index in [-0.39, 0.29) is 11.6 Å². The Morgan fingerprint density at radius 2 is 1.56 bits per heavy atom. The standard InChI is InChI=1S/C20H32N2O3/c1-4-6-8-10-15-21(16-11-9-7-5-2)20(23)18-13-12-14-19(17(18)3)22(24)25/h12-14H,4-11,15-16H2,1-3H3. The molecule has 0 heterocycles. The molecule has 0 radical (unpaired) electrons. The Bertz CT molecular complexity index is 546. The maximum absolute atomic E-state index is 13.0. The van der Waals surface area contributed by atoms with Gasteiger partial charge in [0, 0.05) is 30.3 Å². The summed E-state index contributed by atoms with van der Waals surface area (Å²) >= 11 is 0. The minimum absolute atomic E-state index is 0.0164. The van der Waals surface area contributed by atoms with Crippen molar-refractivity contribution in [3.8, 4) is 0 Å². The highest BCUT2D eigenvalue weighted by Gasteiger charge is 2.22. The van der Waals surface area contributed by atoms with E-state index in [9.17, 15) is 14.9 Å². The molecule has 0 aromatic heterocycles. The highest BCUT2D eigenvalue weighted by molar-refractivity contribution is 5.96. The van der Waals surface area contributed by atoms with Gasteiger partial charge >= 0.3 is 0 Å². The van der Waals surface area contributed by atoms with Crippen LogP contribution in [0.4, 0.5) is 5.69 Å². The van der Waals surface area contributed by atoms with Crippen LogP contribution in [0.15, 0.2) is 18.2 Å². The van der Waals surface area contributed by atoms with Crippen molar-refractivity contribution in [3.63, 3.8) is 0 Å². The van der Waals surface area contributed by atoms with Gasteiger partial charge < -0.3 is 4.90 Å². The van der Waals surface area contributed by atoms with Crippen LogP contribution in [0, 0.1) is 17.0 Å². The Morgan fingerprint density at radius 1 is 1.00 bits per heavy atom. The zero-order valence-electron chi connectivity index (χ0n) is 15.9. The van der Waals surface area contributed by atoms with Crippen molar-refractivity contribution < 1.29 is 9.72 Å². The number of amides is 1. The Balaban J connectivity index is 2.86. The summed E-state index contributed by atoms with van der Waals surface area (Å²) in [5.41, 5.74) is 0.938. The Morgan fingerprint density at radius 3 is 2.04 bits per heavy atom. The number of nitro groups is 1. The van der Waals surface area contributed by atoms with Gasteiger partial charge in [0.15, 0.2) is 0 Å². The zero-order chi connectivity index (χ0) is 18.7. The van der Waals surface area contributed by atoms with Crippen LogP contribution < -0.4 is 0 Å². The quantitative estimate of drug-likeness (QED) is 0.284. The maximum atomic E-state index is 13.0. The fraction of sp³-hybridized carbons (Fsp3) is 0.650. The van der Waals surface area contributed by atoms with Crippen molar-refractivity contribution in [2.75, 3.05) is 13.1 Å². The lowest BCUT2D eigenvalue weighted by Gasteiger charge is -2.23. The summed E-state index contributed by atoms with van der Waals surface area (Å²) in [5.74, 6) is -0.0748. The molecule has 0 aliphatic heterocycles. The molecular weight excluding hydrogens is 316 g/mol. The van der Waals surface area contributed by atoms with Crippen molar-refractivity contribution >= 4 is 11.6 Å². The van der Waals surface area contributed by atoms with Gasteiger partial charge in [-0.25, -0.2) is 0 Å². The minimum atomic E-state index is -0.418. The number of nitrogens with zero attached hydrogens (tertiary/aromatic N) is 2. The SMILES string of the molecule is CCCCCCN(CCCCCC)C(=O)c1cccc([N+](=O)[O-])c1C. The molecule has 5 heteroatoms. The molecule has 0 atom stereocenters. The third kappa shape index (κ3) is 6.85. The first kappa shape index (κ1) is 21.1. The third-order valence-corrected chi connectivity index (χ3v) is 4.58. The number of rotatable bonds is 12. The van der Waals surface area contributed by atoms with Gasteiger partial charge in [-0.2, -0.15) is 0 Å². The monoisotopic (exact) mass is 348 g/mol. The van der Waals surface area contributed by atoms with Crippen LogP contribution in [0.3, 0.4) is 0 Å². The van der Waals surface area contributed by atoms with Crippen molar-refractivity contribution in [3.05, 3.63) is 39.4 Å². The van der Waals surface area contributed by atoms with E-state index in [4.69, 9.17) is 0 Å². The summed E-state index contributed by atoms with van der Waals surface area (Å²) in [7, 11) is 0. The van der Waals surface area contributed by atoms with E-state index in [0.29, 0.717) is 11.1 Å². The van der Waals surface area contributed by atoms with E-state index in [1.807, 2.05) is 4.90 Å². The van der Waals surface area contributed by atoms with Crippen LogP contribution in [-0.4, -0.2) is 28.8 Å². The van der Waals surface area contributed by atoms with E-state index < -0.39 is 4.92 Å². The third-order valence-electron chi connectivity index (χ3n) is 4.58. The molecule has 0 N–H and O–H groups in total. The van der Waals surface area contributed by atoms with Crippen LogP contribution in [-0.2, 0) is 0 Å². The number of carbonyl (C=O) groups excluding carboxylic acids is 1. The van der Waals surface area contributed by atoms with E-state index in [1.165, 1.54) is 18.9 Å². The largest absolute Gasteiger partial charge is 0.339 e. The molecule has 0 aliphatic carbocycles. The zero-order valence-corrected chi connectivity index (χ0v) is 15.9. The van der Waals surface area contributed by atoms with Crippen molar-refractivity contribution in [1.29, 1.82) is 0 Å². The highest BCUT2D eigenvalue weighted by atomic mass is 16.6. The first-order chi connectivity index (χ1) is 12.0. The topological polar surface area (TPSA) is 63.5 Å². The number of hydrogen-bond acceptors (Lipinski definition) is 3. The molecule has 0 spiro atoms. The van der Waals surface area contributed by atoms with Gasteiger partial charge in [-0.1, -0.05) is 58.4 Å². The molecule has 0 saturated heterocycles. The average Bonchev–Trinajstić information content (AvgIpc) is 2.59. The Labute approximate surface area is 151 Å². The molecule has 0 fully saturated rings. The smallest absolute Gasteiger partial charge is 0.273 e. The molecule has 1 aromatic rings. The van der Waals surface area contributed by atoms with Crippen LogP contribution in [0.5, 0.6) is 0 Å². The van der Waals surface area contributed by atoms with Gasteiger partial charge in [0.05, 0.1) is 4.92 Å². The lowest BCUT2D eigenvalue weighted by molar-refractivity contribution is -0.385. The summed E-state index contributed by atoms with van der Waals surface area (Å²) in [6.45, 7) is 7.46. The van der Waals surface area contributed by atoms with Gasteiger partial charge in [0.25, 0.3) is 11.6 Å². The molecule has 1 rings (SSSR count). The normalized spacial score (nSPS) is 10.7. The van der Waals surface area contributed by atoms with Crippen LogP contribution >= 0.6 is 0 Å². The van der Waals surface area contributed by atoms with Gasteiger partial charge in [0.2, 0.25) is 0 Å². The van der Waals surface area contributed by atoms with E-state index >= 15 is 0 Å². The number of nitro benzene ring substituents is 1. The van der Waals surface area contributed by atoms with Crippen molar-refractivity contribution in [2.45, 2.75) is 72.1 Å². The second-order valence-corrected chi connectivity index (χ2v) is 6.62. The molecule has 1 aromatic carbocycles. The molecule has 0 bridgehead atoms. The molecule has 0 aliphatic rings. The second-order valence-electron chi connectivity index (χ2n) is 6.62. The maximum Gasteiger partial charge on any atom is 0.273 e. The first-order valence-electron chi connectivity index (χ1n) is 9.56. The molecule has 0 unspecified atom stereocenters. The molecule has 5 nitrogen and oxygen atoms in total. The molecule has 140 valence electrons. The summed E-state index contributed by atoms with van der Waals surface area (Å²) < 4.78 is 0. The average molecular weight is 348 g/mol. The lowest BCUT2D eigenvalue weighted by atomic mass is 10.0. The number of unbranched alkanes of at least 4 members (excludes halogenated alkanes) is 6. The summed E-state index contributed by atoms with van der Waals surface area (Å²) in [6.07, 6.45) is 8.87. The van der Waals surface area contributed by atoms with E-state index in [0.717, 1.165) is 51.6 Å². The van der Waals surface area contributed by atoms with E-state index in [2.05, 4.69) is 13.8 Å². The van der Waals surface area contributed by atoms with Crippen molar-refractivity contribution in [1.82, 2.24) is 4.90 Å². The number of carbonyl (C=O) groups is 1. The van der Waals surface area contributed by atoms with Gasteiger partial charge in [-0.15, -0.1) is 0 Å². The number of hydrogen-bond donors (Lipinski definition) is 0. The molecule has 1 amide bonds. The lowest BCUT2D eigenvalue weighted by Crippen LogP contribution is -2.33. The van der Waals surface area contributed by atoms with Gasteiger partial charge in [-0.3, -0.25) is 14.9 Å². The summed E-state index contributed by atoms with van der Waals surface area (Å²) in [4.78, 5) is 25.6. The molecule has 0 saturated carbocycles. The van der Waals surface area contributed by atoms with Gasteiger partial charge in [0.1, 0.15) is 0 Å². The van der Waals surface area contributed by atoms with Crippen molar-refractivity contribution in [2.24, 2.45) is 0 Å². The fourth-order valence-corrected chi connectivity index (χ4v) is 3.00. The van der Waals surface area contributed by atoms with Crippen LogP contribution in [0.25, 0.3) is 0 Å². The molecular formula is C20H32N2O3. The Kier molecular flexibility index (Phi) is 9.81. The highest BCUT2D eigenvalue weighted by Crippen LogP contribution is 2.23. The molecule has 25 heavy (non-hydrogen) atoms. The first-order valence-corrected chi connectivity index (χ1v) is 9.56. The fourth-order valence-electron chi connectivity index (χ4n) is 3.00. The van der Waals surface area contributed by atoms with E-state index in [1.54, 1.807) is 19.1 Å². The predicted octanol–water partition coefficient (Wildman–Crippen LogP) is 5.51. The number of benzene rings is 1. The van der Waals surface area contributed by atoms with Crippen LogP contribution in [0.2, 0.25) is 0 Å². The minimum Gasteiger partial charge on any atom is -0.339 e. The summed E-state index contributed by atoms with van der Waals surface area (Å²) in [6, 6.07) is 4.76.